The van der Waals surface area contributed by atoms with E-state index in [4.69, 9.17) is 26.6 Å². The molecule has 0 spiro atoms. The molecule has 0 saturated heterocycles. The summed E-state index contributed by atoms with van der Waals surface area (Å²) in [7, 11) is 1.57. The van der Waals surface area contributed by atoms with Crippen LogP contribution in [-0.2, 0) is 5.54 Å². The first-order valence-electron chi connectivity index (χ1n) is 6.45. The van der Waals surface area contributed by atoms with Crippen molar-refractivity contribution in [3.8, 4) is 17.1 Å². The number of hydrogen-bond donors (Lipinski definition) is 1. The zero-order valence-corrected chi connectivity index (χ0v) is 12.6. The maximum atomic E-state index is 6.19. The fourth-order valence-corrected chi connectivity index (χ4v) is 2.20. The maximum absolute atomic E-state index is 6.19. The number of hydrogen-bond acceptors (Lipinski definition) is 5. The lowest BCUT2D eigenvalue weighted by molar-refractivity contribution is 0.284. The van der Waals surface area contributed by atoms with Crippen LogP contribution in [0.2, 0.25) is 5.02 Å². The van der Waals surface area contributed by atoms with Gasteiger partial charge in [-0.1, -0.05) is 30.1 Å². The number of halogens is 1. The van der Waals surface area contributed by atoms with Crippen LogP contribution in [0.1, 0.15) is 32.6 Å². The number of nitrogens with zero attached hydrogens (tertiary/aromatic N) is 2. The molecule has 1 unspecified atom stereocenters. The maximum Gasteiger partial charge on any atom is 0.246 e. The van der Waals surface area contributed by atoms with Crippen molar-refractivity contribution in [1.82, 2.24) is 10.1 Å². The van der Waals surface area contributed by atoms with Gasteiger partial charge in [0.15, 0.2) is 0 Å². The molecule has 0 radical (unpaired) electrons. The smallest absolute Gasteiger partial charge is 0.246 e. The van der Waals surface area contributed by atoms with E-state index in [0.717, 1.165) is 18.4 Å². The molecule has 0 amide bonds. The van der Waals surface area contributed by atoms with E-state index in [1.165, 1.54) is 0 Å². The van der Waals surface area contributed by atoms with Gasteiger partial charge in [-0.15, -0.1) is 0 Å². The Morgan fingerprint density at radius 3 is 2.85 bits per heavy atom. The molecule has 1 heterocycles. The molecule has 1 atom stereocenters. The third-order valence-electron chi connectivity index (χ3n) is 3.09. The normalized spacial score (nSPS) is 14.1. The van der Waals surface area contributed by atoms with Crippen molar-refractivity contribution < 1.29 is 9.26 Å². The van der Waals surface area contributed by atoms with E-state index < -0.39 is 5.54 Å². The predicted molar refractivity (Wildman–Crippen MR) is 77.7 cm³/mol. The van der Waals surface area contributed by atoms with Gasteiger partial charge in [0.05, 0.1) is 18.2 Å². The Kier molecular flexibility index (Phi) is 4.30. The number of rotatable bonds is 5. The molecule has 0 fully saturated rings. The van der Waals surface area contributed by atoms with Crippen molar-refractivity contribution >= 4 is 11.6 Å². The molecule has 2 aromatic rings. The zero-order chi connectivity index (χ0) is 14.8. The quantitative estimate of drug-likeness (QED) is 0.915. The number of nitrogens with two attached hydrogens (primary N) is 1. The summed E-state index contributed by atoms with van der Waals surface area (Å²) < 4.78 is 10.6. The second-order valence-corrected chi connectivity index (χ2v) is 5.37. The highest BCUT2D eigenvalue weighted by Crippen LogP contribution is 2.32. The molecule has 0 saturated carbocycles. The van der Waals surface area contributed by atoms with Crippen LogP contribution >= 0.6 is 11.6 Å². The highest BCUT2D eigenvalue weighted by molar-refractivity contribution is 6.30. The van der Waals surface area contributed by atoms with Gasteiger partial charge in [-0.05, 0) is 31.5 Å². The molecule has 20 heavy (non-hydrogen) atoms. The number of methoxy groups -OCH3 is 1. The van der Waals surface area contributed by atoms with Crippen molar-refractivity contribution in [2.24, 2.45) is 5.73 Å². The van der Waals surface area contributed by atoms with Crippen LogP contribution in [0.25, 0.3) is 11.4 Å². The summed E-state index contributed by atoms with van der Waals surface area (Å²) in [5, 5.41) is 4.57. The van der Waals surface area contributed by atoms with Crippen molar-refractivity contribution in [3.05, 3.63) is 29.1 Å². The van der Waals surface area contributed by atoms with Gasteiger partial charge in [-0.2, -0.15) is 4.98 Å². The SMILES string of the molecule is CCCC(C)(N)c1nc(-c2ccc(Cl)cc2OC)no1. The third-order valence-corrected chi connectivity index (χ3v) is 3.32. The van der Waals surface area contributed by atoms with Gasteiger partial charge in [-0.25, -0.2) is 0 Å². The van der Waals surface area contributed by atoms with E-state index in [1.54, 1.807) is 25.3 Å². The summed E-state index contributed by atoms with van der Waals surface area (Å²) >= 11 is 5.94. The van der Waals surface area contributed by atoms with E-state index in [1.807, 2.05) is 6.92 Å². The van der Waals surface area contributed by atoms with Crippen LogP contribution in [0.3, 0.4) is 0 Å². The zero-order valence-electron chi connectivity index (χ0n) is 11.8. The first kappa shape index (κ1) is 14.8. The molecule has 2 rings (SSSR count). The highest BCUT2D eigenvalue weighted by atomic mass is 35.5. The van der Waals surface area contributed by atoms with Crippen molar-refractivity contribution in [1.29, 1.82) is 0 Å². The number of benzene rings is 1. The highest BCUT2D eigenvalue weighted by Gasteiger charge is 2.28. The summed E-state index contributed by atoms with van der Waals surface area (Å²) in [5.41, 5.74) is 6.28. The fraction of sp³-hybridized carbons (Fsp3) is 0.429. The topological polar surface area (TPSA) is 74.2 Å². The van der Waals surface area contributed by atoms with Crippen LogP contribution in [0.5, 0.6) is 5.75 Å². The van der Waals surface area contributed by atoms with Crippen LogP contribution in [-0.4, -0.2) is 17.3 Å². The molecule has 6 heteroatoms. The average molecular weight is 296 g/mol. The van der Waals surface area contributed by atoms with Crippen LogP contribution in [0, 0.1) is 0 Å². The van der Waals surface area contributed by atoms with Crippen molar-refractivity contribution in [2.45, 2.75) is 32.2 Å². The lowest BCUT2D eigenvalue weighted by Gasteiger charge is -2.18. The lowest BCUT2D eigenvalue weighted by atomic mass is 9.98. The summed E-state index contributed by atoms with van der Waals surface area (Å²) in [6.45, 7) is 3.94. The molecule has 0 bridgehead atoms. The van der Waals surface area contributed by atoms with Gasteiger partial charge in [0.2, 0.25) is 11.7 Å². The van der Waals surface area contributed by atoms with E-state index in [0.29, 0.717) is 22.5 Å². The number of ether oxygens (including phenoxy) is 1. The van der Waals surface area contributed by atoms with Crippen LogP contribution in [0.15, 0.2) is 22.7 Å². The Hall–Kier alpha value is -1.59. The Bertz CT molecular complexity index is 596. The summed E-state index contributed by atoms with van der Waals surface area (Å²) in [6, 6.07) is 5.26. The minimum atomic E-state index is -0.625. The standard InChI is InChI=1S/C14H18ClN3O2/c1-4-7-14(2,16)13-17-12(18-20-13)10-6-5-9(15)8-11(10)19-3/h5-6,8H,4,7,16H2,1-3H3. The first-order valence-corrected chi connectivity index (χ1v) is 6.82. The van der Waals surface area contributed by atoms with E-state index >= 15 is 0 Å². The van der Waals surface area contributed by atoms with Gasteiger partial charge in [0.25, 0.3) is 0 Å². The summed E-state index contributed by atoms with van der Waals surface area (Å²) in [5.74, 6) is 1.46. The molecular formula is C14H18ClN3O2. The average Bonchev–Trinajstić information content (AvgIpc) is 2.88. The van der Waals surface area contributed by atoms with E-state index in [-0.39, 0.29) is 0 Å². The summed E-state index contributed by atoms with van der Waals surface area (Å²) in [6.07, 6.45) is 1.71. The molecule has 0 aliphatic heterocycles. The molecule has 2 N–H and O–H groups in total. The largest absolute Gasteiger partial charge is 0.496 e. The summed E-state index contributed by atoms with van der Waals surface area (Å²) in [4.78, 5) is 4.38. The second-order valence-electron chi connectivity index (χ2n) is 4.94. The molecule has 108 valence electrons. The van der Waals surface area contributed by atoms with Crippen LogP contribution < -0.4 is 10.5 Å². The minimum absolute atomic E-state index is 0.423. The molecule has 0 aliphatic rings. The number of aromatic nitrogens is 2. The van der Waals surface area contributed by atoms with Gasteiger partial charge in [-0.3, -0.25) is 0 Å². The Morgan fingerprint density at radius 1 is 1.45 bits per heavy atom. The Balaban J connectivity index is 2.38. The molecule has 1 aromatic carbocycles. The van der Waals surface area contributed by atoms with Gasteiger partial charge >= 0.3 is 0 Å². The molecule has 1 aromatic heterocycles. The van der Waals surface area contributed by atoms with Crippen molar-refractivity contribution in [3.63, 3.8) is 0 Å². The van der Waals surface area contributed by atoms with E-state index in [2.05, 4.69) is 17.1 Å². The van der Waals surface area contributed by atoms with Gasteiger partial charge in [0.1, 0.15) is 5.75 Å². The first-order chi connectivity index (χ1) is 9.47. The van der Waals surface area contributed by atoms with Crippen LogP contribution in [0.4, 0.5) is 0 Å². The lowest BCUT2D eigenvalue weighted by Crippen LogP contribution is -2.33. The fourth-order valence-electron chi connectivity index (χ4n) is 2.04. The molecule has 5 nitrogen and oxygen atoms in total. The van der Waals surface area contributed by atoms with Gasteiger partial charge in [0, 0.05) is 5.02 Å². The predicted octanol–water partition coefficient (Wildman–Crippen LogP) is 3.37. The third kappa shape index (κ3) is 2.94. The molecular weight excluding hydrogens is 278 g/mol. The Morgan fingerprint density at radius 2 is 2.20 bits per heavy atom. The molecule has 0 aliphatic carbocycles. The Labute approximate surface area is 123 Å². The monoisotopic (exact) mass is 295 g/mol. The van der Waals surface area contributed by atoms with Gasteiger partial charge < -0.3 is 15.0 Å². The second kappa shape index (κ2) is 5.81. The van der Waals surface area contributed by atoms with E-state index in [9.17, 15) is 0 Å². The van der Waals surface area contributed by atoms with Crippen molar-refractivity contribution in [2.75, 3.05) is 7.11 Å². The minimum Gasteiger partial charge on any atom is -0.496 e.